The second kappa shape index (κ2) is 15.8. The normalized spacial score (nSPS) is 11.8. The molecule has 0 unspecified atom stereocenters. The van der Waals surface area contributed by atoms with E-state index in [4.69, 9.17) is 15.0 Å². The molecule has 4 aromatic heterocycles. The van der Waals surface area contributed by atoms with Crippen LogP contribution in [0.25, 0.3) is 132 Å². The van der Waals surface area contributed by atoms with Crippen LogP contribution in [-0.2, 0) is 0 Å². The fraction of sp³-hybridized carbons (Fsp3) is 0. The first-order valence-corrected chi connectivity index (χ1v) is 24.1. The topological polar surface area (TPSA) is 48.5 Å². The van der Waals surface area contributed by atoms with Crippen molar-refractivity contribution in [1.82, 2.24) is 24.1 Å². The lowest BCUT2D eigenvalue weighted by atomic mass is 10.0. The molecule has 14 aromatic rings. The molecule has 0 aliphatic carbocycles. The highest BCUT2D eigenvalue weighted by atomic mass is 32.1. The Kier molecular flexibility index (Phi) is 9.00. The highest BCUT2D eigenvalue weighted by Crippen LogP contribution is 2.41. The number of hydrogen-bond acceptors (Lipinski definition) is 4. The highest BCUT2D eigenvalue weighted by molar-refractivity contribution is 7.26. The number of hydrogen-bond donors (Lipinski definition) is 0. The first kappa shape index (κ1) is 39.2. The van der Waals surface area contributed by atoms with Crippen molar-refractivity contribution in [2.24, 2.45) is 0 Å². The molecule has 0 bridgehead atoms. The van der Waals surface area contributed by atoms with Gasteiger partial charge in [-0.05, 0) is 95.1 Å². The minimum absolute atomic E-state index is 0.609. The van der Waals surface area contributed by atoms with Crippen LogP contribution in [0.4, 0.5) is 0 Å². The Morgan fingerprint density at radius 2 is 0.710 bits per heavy atom. The van der Waals surface area contributed by atoms with E-state index in [2.05, 4.69) is 246 Å². The second-order valence-corrected chi connectivity index (χ2v) is 18.6. The van der Waals surface area contributed by atoms with E-state index in [-0.39, 0.29) is 0 Å². The van der Waals surface area contributed by atoms with Gasteiger partial charge in [-0.15, -0.1) is 11.3 Å². The summed E-state index contributed by atoms with van der Waals surface area (Å²) in [6, 6.07) is 84.5. The van der Waals surface area contributed by atoms with E-state index in [0.717, 1.165) is 54.8 Å². The third-order valence-electron chi connectivity index (χ3n) is 13.6. The largest absolute Gasteiger partial charge is 0.309 e. The predicted octanol–water partition coefficient (Wildman–Crippen LogP) is 16.8. The lowest BCUT2D eigenvalue weighted by molar-refractivity contribution is 1.07. The Labute approximate surface area is 401 Å². The van der Waals surface area contributed by atoms with Crippen molar-refractivity contribution in [2.75, 3.05) is 0 Å². The quantitative estimate of drug-likeness (QED) is 0.160. The van der Waals surface area contributed by atoms with Crippen molar-refractivity contribution in [1.29, 1.82) is 0 Å². The van der Waals surface area contributed by atoms with Gasteiger partial charge in [0, 0.05) is 69.8 Å². The summed E-state index contributed by atoms with van der Waals surface area (Å²) in [6.07, 6.45) is 0. The van der Waals surface area contributed by atoms with E-state index in [1.165, 1.54) is 59.3 Å². The molecule has 6 heteroatoms. The van der Waals surface area contributed by atoms with Crippen LogP contribution in [0.2, 0.25) is 0 Å². The number of thiophene rings is 1. The number of nitrogens with zero attached hydrogens (tertiary/aromatic N) is 5. The fourth-order valence-electron chi connectivity index (χ4n) is 10.4. The zero-order valence-corrected chi connectivity index (χ0v) is 38.0. The average Bonchev–Trinajstić information content (AvgIpc) is 4.09. The Hall–Kier alpha value is -8.97. The molecule has 14 rings (SSSR count). The maximum absolute atomic E-state index is 5.37. The molecule has 0 saturated carbocycles. The third kappa shape index (κ3) is 6.49. The molecule has 0 atom stereocenters. The van der Waals surface area contributed by atoms with Gasteiger partial charge in [0.2, 0.25) is 0 Å². The first-order valence-electron chi connectivity index (χ1n) is 23.3. The first-order chi connectivity index (χ1) is 34.2. The van der Waals surface area contributed by atoms with Crippen molar-refractivity contribution in [2.45, 2.75) is 0 Å². The van der Waals surface area contributed by atoms with Crippen LogP contribution in [0, 0.1) is 0 Å². The van der Waals surface area contributed by atoms with Crippen LogP contribution in [0.15, 0.2) is 237 Å². The van der Waals surface area contributed by atoms with E-state index in [9.17, 15) is 0 Å². The van der Waals surface area contributed by atoms with Gasteiger partial charge in [-0.25, -0.2) is 15.0 Å². The summed E-state index contributed by atoms with van der Waals surface area (Å²) in [5.74, 6) is 1.86. The molecule has 0 aliphatic heterocycles. The Morgan fingerprint density at radius 3 is 1.28 bits per heavy atom. The van der Waals surface area contributed by atoms with Gasteiger partial charge in [-0.1, -0.05) is 164 Å². The SMILES string of the molecule is c1ccc(-c2ccc3c(c2)c2ccccc2n3-c2cccc(-c3nc(-c4cccc(-n5c6ccccc6c6cc(-c7ccccc7)ccc65)c4)nc(-c4cccc5c4sc4ccccc45)n3)c2)cc1. The minimum atomic E-state index is 0.609. The Balaban J connectivity index is 0.951. The molecule has 0 N–H and O–H groups in total. The molecule has 0 aliphatic rings. The van der Waals surface area contributed by atoms with Crippen molar-refractivity contribution >= 4 is 75.1 Å². The maximum Gasteiger partial charge on any atom is 0.165 e. The number of rotatable bonds is 7. The van der Waals surface area contributed by atoms with Crippen LogP contribution in [0.5, 0.6) is 0 Å². The number of para-hydroxylation sites is 2. The van der Waals surface area contributed by atoms with Gasteiger partial charge in [0.15, 0.2) is 17.5 Å². The maximum atomic E-state index is 5.37. The number of aromatic nitrogens is 5. The average molecular weight is 898 g/mol. The Morgan fingerprint density at radius 1 is 0.275 bits per heavy atom. The molecule has 4 heterocycles. The van der Waals surface area contributed by atoms with Gasteiger partial charge in [-0.2, -0.15) is 0 Å². The molecule has 0 spiro atoms. The summed E-state index contributed by atoms with van der Waals surface area (Å²) in [4.78, 5) is 16.1. The van der Waals surface area contributed by atoms with Gasteiger partial charge in [0.05, 0.1) is 22.1 Å². The van der Waals surface area contributed by atoms with Crippen LogP contribution in [0.1, 0.15) is 0 Å². The zero-order valence-electron chi connectivity index (χ0n) is 37.2. The van der Waals surface area contributed by atoms with Crippen LogP contribution < -0.4 is 0 Å². The molecular weight excluding hydrogens is 859 g/mol. The predicted molar refractivity (Wildman–Crippen MR) is 289 cm³/mol. The fourth-order valence-corrected chi connectivity index (χ4v) is 11.6. The zero-order chi connectivity index (χ0) is 45.4. The molecule has 0 fully saturated rings. The molecule has 10 aromatic carbocycles. The monoisotopic (exact) mass is 897 g/mol. The molecule has 69 heavy (non-hydrogen) atoms. The standard InChI is InChI=1S/C63H39N5S/c1-3-16-40(17-4-1)42-32-34-57-53(38-42)48-24-7-10-29-55(48)67(57)46-22-13-20-44(36-46)61-64-62(66-63(65-61)52-28-15-27-51-50-26-9-12-31-59(50)69-60(51)52)45-21-14-23-47(37-45)68-56-30-11-8-25-49(56)54-39-43(33-35-58(54)68)41-18-5-2-6-19-41/h1-39H. The van der Waals surface area contributed by atoms with Gasteiger partial charge in [-0.3, -0.25) is 0 Å². The molecule has 0 saturated heterocycles. The van der Waals surface area contributed by atoms with E-state index >= 15 is 0 Å². The van der Waals surface area contributed by atoms with Crippen LogP contribution >= 0.6 is 11.3 Å². The van der Waals surface area contributed by atoms with Gasteiger partial charge < -0.3 is 9.13 Å². The van der Waals surface area contributed by atoms with Gasteiger partial charge in [0.25, 0.3) is 0 Å². The van der Waals surface area contributed by atoms with E-state index < -0.39 is 0 Å². The number of benzene rings is 10. The minimum Gasteiger partial charge on any atom is -0.309 e. The number of fused-ring (bicyclic) bond motifs is 9. The van der Waals surface area contributed by atoms with Crippen molar-refractivity contribution in [3.8, 4) is 67.8 Å². The highest BCUT2D eigenvalue weighted by Gasteiger charge is 2.20. The summed E-state index contributed by atoms with van der Waals surface area (Å²) in [5, 5.41) is 7.26. The summed E-state index contributed by atoms with van der Waals surface area (Å²) in [6.45, 7) is 0. The lowest BCUT2D eigenvalue weighted by Crippen LogP contribution is -2.02. The van der Waals surface area contributed by atoms with Crippen molar-refractivity contribution < 1.29 is 0 Å². The third-order valence-corrected chi connectivity index (χ3v) is 14.8. The summed E-state index contributed by atoms with van der Waals surface area (Å²) in [5.41, 5.74) is 14.2. The Bertz CT molecular complexity index is 4100. The summed E-state index contributed by atoms with van der Waals surface area (Å²) >= 11 is 1.78. The van der Waals surface area contributed by atoms with Crippen molar-refractivity contribution in [3.63, 3.8) is 0 Å². The second-order valence-electron chi connectivity index (χ2n) is 17.6. The molecule has 322 valence electrons. The van der Waals surface area contributed by atoms with E-state index in [1.807, 2.05) is 0 Å². The molecule has 0 radical (unpaired) electrons. The van der Waals surface area contributed by atoms with Gasteiger partial charge >= 0.3 is 0 Å². The van der Waals surface area contributed by atoms with Crippen LogP contribution in [0.3, 0.4) is 0 Å². The van der Waals surface area contributed by atoms with Crippen molar-refractivity contribution in [3.05, 3.63) is 237 Å². The summed E-state index contributed by atoms with van der Waals surface area (Å²) in [7, 11) is 0. The van der Waals surface area contributed by atoms with E-state index in [0.29, 0.717) is 17.5 Å². The molecule has 5 nitrogen and oxygen atoms in total. The summed E-state index contributed by atoms with van der Waals surface area (Å²) < 4.78 is 7.12. The lowest BCUT2D eigenvalue weighted by Gasteiger charge is -2.13. The molecule has 0 amide bonds. The van der Waals surface area contributed by atoms with E-state index in [1.54, 1.807) is 11.3 Å². The van der Waals surface area contributed by atoms with Crippen LogP contribution in [-0.4, -0.2) is 24.1 Å². The smallest absolute Gasteiger partial charge is 0.165 e. The molecular formula is C63H39N5S. The van der Waals surface area contributed by atoms with Gasteiger partial charge in [0.1, 0.15) is 0 Å².